The summed E-state index contributed by atoms with van der Waals surface area (Å²) >= 11 is 0. The van der Waals surface area contributed by atoms with E-state index in [0.717, 1.165) is 60.6 Å². The van der Waals surface area contributed by atoms with Crippen LogP contribution in [0.15, 0.2) is 54.6 Å². The lowest BCUT2D eigenvalue weighted by molar-refractivity contribution is 0.0936. The van der Waals surface area contributed by atoms with Crippen molar-refractivity contribution in [2.45, 2.75) is 47.1 Å². The first-order valence-corrected chi connectivity index (χ1v) is 12.9. The second-order valence-electron chi connectivity index (χ2n) is 10.3. The summed E-state index contributed by atoms with van der Waals surface area (Å²) in [5.41, 5.74) is 7.81. The van der Waals surface area contributed by atoms with E-state index in [1.54, 1.807) is 0 Å². The molecule has 0 unspecified atom stereocenters. The van der Waals surface area contributed by atoms with E-state index in [-0.39, 0.29) is 5.91 Å². The standard InChI is InChI=1S/C30H35N5O/c1-20-5-9-25(10-6-20)19-34-15-13-24(14-16-34)18-31-30(36)27-17-22(3)32-29-28(27)23(4)33-35(29)26-11-7-21(2)8-12-26/h5-12,17,24H,13-16,18-19H2,1-4H3,(H,31,36). The van der Waals surface area contributed by atoms with Gasteiger partial charge < -0.3 is 5.32 Å². The molecule has 1 fully saturated rings. The van der Waals surface area contributed by atoms with Crippen molar-refractivity contribution in [2.24, 2.45) is 5.92 Å². The van der Waals surface area contributed by atoms with Crippen LogP contribution in [0, 0.1) is 33.6 Å². The molecule has 2 aromatic carbocycles. The van der Waals surface area contributed by atoms with Crippen molar-refractivity contribution in [2.75, 3.05) is 19.6 Å². The van der Waals surface area contributed by atoms with E-state index in [0.29, 0.717) is 18.0 Å². The van der Waals surface area contributed by atoms with Crippen molar-refractivity contribution in [3.63, 3.8) is 0 Å². The lowest BCUT2D eigenvalue weighted by Gasteiger charge is -2.32. The van der Waals surface area contributed by atoms with E-state index < -0.39 is 0 Å². The molecule has 3 heterocycles. The zero-order chi connectivity index (χ0) is 25.2. The zero-order valence-corrected chi connectivity index (χ0v) is 21.7. The van der Waals surface area contributed by atoms with Crippen LogP contribution in [-0.4, -0.2) is 45.2 Å². The molecule has 5 rings (SSSR count). The van der Waals surface area contributed by atoms with Crippen LogP contribution in [0.3, 0.4) is 0 Å². The summed E-state index contributed by atoms with van der Waals surface area (Å²) in [6.45, 7) is 11.9. The van der Waals surface area contributed by atoms with E-state index >= 15 is 0 Å². The van der Waals surface area contributed by atoms with Gasteiger partial charge in [0.1, 0.15) is 0 Å². The topological polar surface area (TPSA) is 63.1 Å². The van der Waals surface area contributed by atoms with Gasteiger partial charge in [0, 0.05) is 18.8 Å². The number of nitrogens with zero attached hydrogens (tertiary/aromatic N) is 4. The Morgan fingerprint density at radius 1 is 0.944 bits per heavy atom. The first-order chi connectivity index (χ1) is 17.4. The fourth-order valence-corrected chi connectivity index (χ4v) is 5.09. The number of carbonyl (C=O) groups excluding carboxylic acids is 1. The van der Waals surface area contributed by atoms with Crippen LogP contribution in [0.25, 0.3) is 16.7 Å². The fraction of sp³-hybridized carbons (Fsp3) is 0.367. The van der Waals surface area contributed by atoms with Gasteiger partial charge in [-0.2, -0.15) is 5.10 Å². The minimum Gasteiger partial charge on any atom is -0.352 e. The molecule has 2 aromatic heterocycles. The molecule has 6 nitrogen and oxygen atoms in total. The average molecular weight is 482 g/mol. The first kappa shape index (κ1) is 24.2. The number of benzene rings is 2. The van der Waals surface area contributed by atoms with Gasteiger partial charge in [0.05, 0.1) is 22.3 Å². The van der Waals surface area contributed by atoms with E-state index in [1.807, 2.05) is 36.7 Å². The van der Waals surface area contributed by atoms with Crippen LogP contribution >= 0.6 is 0 Å². The monoisotopic (exact) mass is 481 g/mol. The summed E-state index contributed by atoms with van der Waals surface area (Å²) in [6.07, 6.45) is 2.20. The van der Waals surface area contributed by atoms with Gasteiger partial charge in [-0.15, -0.1) is 0 Å². The molecule has 0 radical (unpaired) electrons. The molecule has 6 heteroatoms. The highest BCUT2D eigenvalue weighted by Gasteiger charge is 2.23. The van der Waals surface area contributed by atoms with Gasteiger partial charge in [-0.05, 0) is 83.3 Å². The largest absolute Gasteiger partial charge is 0.352 e. The summed E-state index contributed by atoms with van der Waals surface area (Å²) in [4.78, 5) is 20.6. The van der Waals surface area contributed by atoms with Gasteiger partial charge in [0.25, 0.3) is 5.91 Å². The highest BCUT2D eigenvalue weighted by molar-refractivity contribution is 6.06. The lowest BCUT2D eigenvalue weighted by Crippen LogP contribution is -2.38. The average Bonchev–Trinajstić information content (AvgIpc) is 3.20. The number of nitrogens with one attached hydrogen (secondary N) is 1. The highest BCUT2D eigenvalue weighted by Crippen LogP contribution is 2.25. The van der Waals surface area contributed by atoms with Crippen LogP contribution in [-0.2, 0) is 6.54 Å². The number of carbonyl (C=O) groups is 1. The predicted octanol–water partition coefficient (Wildman–Crippen LogP) is 5.30. The van der Waals surface area contributed by atoms with Crippen molar-refractivity contribution in [1.82, 2.24) is 25.0 Å². The molecule has 0 aliphatic carbocycles. The van der Waals surface area contributed by atoms with E-state index in [1.165, 1.54) is 16.7 Å². The van der Waals surface area contributed by atoms with Gasteiger partial charge in [0.15, 0.2) is 5.65 Å². The number of hydrogen-bond donors (Lipinski definition) is 1. The Labute approximate surface area is 213 Å². The Kier molecular flexibility index (Phi) is 6.88. The fourth-order valence-electron chi connectivity index (χ4n) is 5.09. The summed E-state index contributed by atoms with van der Waals surface area (Å²) in [5, 5.41) is 8.79. The minimum atomic E-state index is -0.0425. The van der Waals surface area contributed by atoms with E-state index in [2.05, 4.69) is 60.5 Å². The Morgan fingerprint density at radius 2 is 1.58 bits per heavy atom. The summed E-state index contributed by atoms with van der Waals surface area (Å²) in [5.74, 6) is 0.456. The number of piperidine rings is 1. The molecule has 4 aromatic rings. The molecule has 0 atom stereocenters. The zero-order valence-electron chi connectivity index (χ0n) is 21.7. The molecule has 0 bridgehead atoms. The molecule has 1 aliphatic rings. The molecular formula is C30H35N5O. The van der Waals surface area contributed by atoms with Crippen molar-refractivity contribution >= 4 is 16.9 Å². The smallest absolute Gasteiger partial charge is 0.252 e. The van der Waals surface area contributed by atoms with Crippen LogP contribution in [0.5, 0.6) is 0 Å². The number of hydrogen-bond acceptors (Lipinski definition) is 4. The third kappa shape index (κ3) is 5.19. The minimum absolute atomic E-state index is 0.0425. The number of likely N-dealkylation sites (tertiary alicyclic amines) is 1. The van der Waals surface area contributed by atoms with Gasteiger partial charge in [0.2, 0.25) is 0 Å². The third-order valence-electron chi connectivity index (χ3n) is 7.25. The molecule has 36 heavy (non-hydrogen) atoms. The van der Waals surface area contributed by atoms with E-state index in [4.69, 9.17) is 10.1 Å². The first-order valence-electron chi connectivity index (χ1n) is 12.9. The summed E-state index contributed by atoms with van der Waals surface area (Å²) in [7, 11) is 0. The van der Waals surface area contributed by atoms with Crippen molar-refractivity contribution in [3.05, 3.63) is 88.2 Å². The van der Waals surface area contributed by atoms with Crippen molar-refractivity contribution in [1.29, 1.82) is 0 Å². The molecule has 1 aliphatic heterocycles. The second kappa shape index (κ2) is 10.2. The highest BCUT2D eigenvalue weighted by atomic mass is 16.1. The summed E-state index contributed by atoms with van der Waals surface area (Å²) in [6, 6.07) is 18.9. The Bertz CT molecular complexity index is 1360. The molecule has 1 N–H and O–H groups in total. The van der Waals surface area contributed by atoms with Crippen LogP contribution in [0.1, 0.15) is 51.3 Å². The number of rotatable bonds is 6. The maximum atomic E-state index is 13.3. The maximum absolute atomic E-state index is 13.3. The maximum Gasteiger partial charge on any atom is 0.252 e. The number of fused-ring (bicyclic) bond motifs is 1. The number of aromatic nitrogens is 3. The quantitative estimate of drug-likeness (QED) is 0.406. The Hall–Kier alpha value is -3.51. The lowest BCUT2D eigenvalue weighted by atomic mass is 9.96. The van der Waals surface area contributed by atoms with E-state index in [9.17, 15) is 4.79 Å². The molecular weight excluding hydrogens is 446 g/mol. The van der Waals surface area contributed by atoms with Gasteiger partial charge >= 0.3 is 0 Å². The SMILES string of the molecule is Cc1ccc(CN2CCC(CNC(=O)c3cc(C)nc4c3c(C)nn4-c3ccc(C)cc3)CC2)cc1. The second-order valence-corrected chi connectivity index (χ2v) is 10.3. The van der Waals surface area contributed by atoms with Gasteiger partial charge in [-0.1, -0.05) is 47.5 Å². The molecule has 0 saturated carbocycles. The predicted molar refractivity (Wildman–Crippen MR) is 145 cm³/mol. The normalized spacial score (nSPS) is 14.9. The van der Waals surface area contributed by atoms with Gasteiger partial charge in [-0.3, -0.25) is 9.69 Å². The van der Waals surface area contributed by atoms with Gasteiger partial charge in [-0.25, -0.2) is 9.67 Å². The molecule has 1 saturated heterocycles. The molecule has 1 amide bonds. The van der Waals surface area contributed by atoms with Crippen LogP contribution in [0.4, 0.5) is 0 Å². The van der Waals surface area contributed by atoms with Crippen molar-refractivity contribution < 1.29 is 4.79 Å². The Balaban J connectivity index is 1.25. The molecule has 0 spiro atoms. The van der Waals surface area contributed by atoms with Crippen LogP contribution in [0.2, 0.25) is 0 Å². The van der Waals surface area contributed by atoms with Crippen LogP contribution < -0.4 is 5.32 Å². The third-order valence-corrected chi connectivity index (χ3v) is 7.25. The number of pyridine rings is 1. The summed E-state index contributed by atoms with van der Waals surface area (Å²) < 4.78 is 1.84. The number of aryl methyl sites for hydroxylation is 4. The Morgan fingerprint density at radius 3 is 2.25 bits per heavy atom. The number of amides is 1. The molecule has 186 valence electrons. The van der Waals surface area contributed by atoms with Crippen molar-refractivity contribution in [3.8, 4) is 5.69 Å².